The maximum Gasteiger partial charge on any atom is 0.244 e. The Bertz CT molecular complexity index is 545. The van der Waals surface area contributed by atoms with Crippen molar-refractivity contribution < 1.29 is 9.53 Å². The summed E-state index contributed by atoms with van der Waals surface area (Å²) in [5.41, 5.74) is 0.509. The predicted molar refractivity (Wildman–Crippen MR) is 68.7 cm³/mol. The Labute approximate surface area is 111 Å². The number of carbonyl (C=O) groups is 1. The molecule has 1 aliphatic carbocycles. The summed E-state index contributed by atoms with van der Waals surface area (Å²) in [4.78, 5) is 12.0. The van der Waals surface area contributed by atoms with Gasteiger partial charge in [-0.2, -0.15) is 5.26 Å². The molecular weight excluding hydrogens is 252 g/mol. The van der Waals surface area contributed by atoms with Gasteiger partial charge in [-0.15, -0.1) is 0 Å². The molecule has 94 valence electrons. The van der Waals surface area contributed by atoms with Gasteiger partial charge in [0.25, 0.3) is 0 Å². The molecule has 0 bridgehead atoms. The molecule has 0 saturated heterocycles. The zero-order chi connectivity index (χ0) is 13.3. The highest BCUT2D eigenvalue weighted by molar-refractivity contribution is 6.31. The first-order valence-corrected chi connectivity index (χ1v) is 5.97. The van der Waals surface area contributed by atoms with E-state index in [0.29, 0.717) is 29.3 Å². The van der Waals surface area contributed by atoms with Crippen molar-refractivity contribution in [2.45, 2.75) is 19.8 Å². The van der Waals surface area contributed by atoms with Crippen LogP contribution in [0.2, 0.25) is 5.02 Å². The first-order valence-electron chi connectivity index (χ1n) is 5.59. The van der Waals surface area contributed by atoms with E-state index in [1.54, 1.807) is 12.1 Å². The molecule has 0 heterocycles. The number of hydrogen-bond donors (Lipinski definition) is 1. The average Bonchev–Trinajstić information content (AvgIpc) is 3.14. The van der Waals surface area contributed by atoms with Crippen LogP contribution in [0.1, 0.15) is 18.4 Å². The molecule has 1 aromatic carbocycles. The maximum atomic E-state index is 12.0. The van der Waals surface area contributed by atoms with Crippen LogP contribution in [0.25, 0.3) is 0 Å². The second-order valence-corrected chi connectivity index (χ2v) is 4.86. The molecule has 1 amide bonds. The summed E-state index contributed by atoms with van der Waals surface area (Å²) in [7, 11) is 1.52. The minimum atomic E-state index is -0.859. The molecule has 1 fully saturated rings. The van der Waals surface area contributed by atoms with Crippen LogP contribution in [0.4, 0.5) is 5.69 Å². The van der Waals surface area contributed by atoms with E-state index in [9.17, 15) is 4.79 Å². The lowest BCUT2D eigenvalue weighted by molar-refractivity contribution is -0.119. The quantitative estimate of drug-likeness (QED) is 0.913. The lowest BCUT2D eigenvalue weighted by Gasteiger charge is -2.13. The number of nitrogens with one attached hydrogen (secondary N) is 1. The summed E-state index contributed by atoms with van der Waals surface area (Å²) < 4.78 is 5.19. The summed E-state index contributed by atoms with van der Waals surface area (Å²) in [6.07, 6.45) is 1.22. The average molecular weight is 265 g/mol. The van der Waals surface area contributed by atoms with Crippen molar-refractivity contribution in [3.05, 3.63) is 22.7 Å². The third-order valence-electron chi connectivity index (χ3n) is 3.13. The van der Waals surface area contributed by atoms with Gasteiger partial charge in [0.15, 0.2) is 0 Å². The molecule has 0 radical (unpaired) electrons. The third kappa shape index (κ3) is 2.14. The Morgan fingerprint density at radius 2 is 2.22 bits per heavy atom. The number of rotatable bonds is 3. The Morgan fingerprint density at radius 3 is 2.72 bits per heavy atom. The van der Waals surface area contributed by atoms with E-state index in [2.05, 4.69) is 11.4 Å². The standard InChI is InChI=1S/C13H13ClN2O2/c1-8-5-11(18-2)10(6-9(8)14)16-12(17)13(7-15)3-4-13/h5-6H,3-4H2,1-2H3,(H,16,17). The molecule has 2 rings (SSSR count). The SMILES string of the molecule is COc1cc(C)c(Cl)cc1NC(=O)C1(C#N)CC1. The fraction of sp³-hybridized carbons (Fsp3) is 0.385. The number of halogens is 1. The van der Waals surface area contributed by atoms with Gasteiger partial charge in [0.05, 0.1) is 18.9 Å². The highest BCUT2D eigenvalue weighted by Crippen LogP contribution is 2.46. The Hall–Kier alpha value is -1.73. The van der Waals surface area contributed by atoms with Crippen LogP contribution in [0, 0.1) is 23.7 Å². The zero-order valence-electron chi connectivity index (χ0n) is 10.2. The number of carbonyl (C=O) groups excluding carboxylic acids is 1. The highest BCUT2D eigenvalue weighted by atomic mass is 35.5. The molecule has 18 heavy (non-hydrogen) atoms. The Morgan fingerprint density at radius 1 is 1.56 bits per heavy atom. The fourth-order valence-electron chi connectivity index (χ4n) is 1.68. The number of nitriles is 1. The van der Waals surface area contributed by atoms with Crippen molar-refractivity contribution in [3.63, 3.8) is 0 Å². The van der Waals surface area contributed by atoms with Gasteiger partial charge in [-0.25, -0.2) is 0 Å². The molecule has 1 aromatic rings. The molecule has 5 heteroatoms. The number of benzene rings is 1. The summed E-state index contributed by atoms with van der Waals surface area (Å²) in [5.74, 6) is 0.252. The topological polar surface area (TPSA) is 62.1 Å². The molecule has 1 N–H and O–H groups in total. The normalized spacial score (nSPS) is 15.7. The van der Waals surface area contributed by atoms with Crippen LogP contribution in [0.5, 0.6) is 5.75 Å². The number of anilines is 1. The molecular formula is C13H13ClN2O2. The number of amides is 1. The van der Waals surface area contributed by atoms with Gasteiger partial charge in [0.2, 0.25) is 5.91 Å². The number of hydrogen-bond acceptors (Lipinski definition) is 3. The molecule has 1 saturated carbocycles. The molecule has 1 aliphatic rings. The summed E-state index contributed by atoms with van der Waals surface area (Å²) >= 11 is 6.02. The van der Waals surface area contributed by atoms with Gasteiger partial charge in [-0.1, -0.05) is 11.6 Å². The van der Waals surface area contributed by atoms with Crippen molar-refractivity contribution in [2.75, 3.05) is 12.4 Å². The molecule has 0 spiro atoms. The van der Waals surface area contributed by atoms with Crippen molar-refractivity contribution in [3.8, 4) is 11.8 Å². The van der Waals surface area contributed by atoms with E-state index in [1.807, 2.05) is 6.92 Å². The number of nitrogens with zero attached hydrogens (tertiary/aromatic N) is 1. The van der Waals surface area contributed by atoms with Crippen LogP contribution in [-0.2, 0) is 4.79 Å². The maximum absolute atomic E-state index is 12.0. The second-order valence-electron chi connectivity index (χ2n) is 4.45. The minimum absolute atomic E-state index is 0.289. The van der Waals surface area contributed by atoms with E-state index in [4.69, 9.17) is 21.6 Å². The van der Waals surface area contributed by atoms with Gasteiger partial charge in [-0.3, -0.25) is 4.79 Å². The van der Waals surface area contributed by atoms with Crippen molar-refractivity contribution in [2.24, 2.45) is 5.41 Å². The highest BCUT2D eigenvalue weighted by Gasteiger charge is 2.50. The van der Waals surface area contributed by atoms with Crippen LogP contribution in [0.15, 0.2) is 12.1 Å². The largest absolute Gasteiger partial charge is 0.495 e. The fourth-order valence-corrected chi connectivity index (χ4v) is 1.84. The second kappa shape index (κ2) is 4.51. The Kier molecular flexibility index (Phi) is 3.18. The van der Waals surface area contributed by atoms with E-state index in [0.717, 1.165) is 5.56 Å². The molecule has 0 aliphatic heterocycles. The molecule has 4 nitrogen and oxygen atoms in total. The first-order chi connectivity index (χ1) is 8.52. The minimum Gasteiger partial charge on any atom is -0.495 e. The smallest absolute Gasteiger partial charge is 0.244 e. The zero-order valence-corrected chi connectivity index (χ0v) is 11.0. The number of aryl methyl sites for hydroxylation is 1. The van der Waals surface area contributed by atoms with Gasteiger partial charge in [0.1, 0.15) is 11.2 Å². The van der Waals surface area contributed by atoms with Gasteiger partial charge >= 0.3 is 0 Å². The van der Waals surface area contributed by atoms with Gasteiger partial charge in [0, 0.05) is 5.02 Å². The van der Waals surface area contributed by atoms with E-state index < -0.39 is 5.41 Å². The lowest BCUT2D eigenvalue weighted by atomic mass is 10.1. The summed E-state index contributed by atoms with van der Waals surface area (Å²) in [5, 5.41) is 12.2. The van der Waals surface area contributed by atoms with Gasteiger partial charge in [-0.05, 0) is 37.5 Å². The molecule has 0 unspecified atom stereocenters. The number of ether oxygens (including phenoxy) is 1. The van der Waals surface area contributed by atoms with Crippen molar-refractivity contribution >= 4 is 23.2 Å². The van der Waals surface area contributed by atoms with Crippen molar-refractivity contribution in [1.82, 2.24) is 0 Å². The van der Waals surface area contributed by atoms with Gasteiger partial charge < -0.3 is 10.1 Å². The predicted octanol–water partition coefficient (Wildman–Crippen LogP) is 2.90. The van der Waals surface area contributed by atoms with E-state index >= 15 is 0 Å². The van der Waals surface area contributed by atoms with Crippen molar-refractivity contribution in [1.29, 1.82) is 5.26 Å². The third-order valence-corrected chi connectivity index (χ3v) is 3.53. The van der Waals surface area contributed by atoms with Crippen LogP contribution in [0.3, 0.4) is 0 Å². The summed E-state index contributed by atoms with van der Waals surface area (Å²) in [6, 6.07) is 5.44. The summed E-state index contributed by atoms with van der Waals surface area (Å²) in [6.45, 7) is 1.86. The molecule has 0 atom stereocenters. The van der Waals surface area contributed by atoms with Crippen LogP contribution in [-0.4, -0.2) is 13.0 Å². The first kappa shape index (κ1) is 12.7. The van der Waals surface area contributed by atoms with E-state index in [1.165, 1.54) is 7.11 Å². The van der Waals surface area contributed by atoms with Crippen LogP contribution < -0.4 is 10.1 Å². The molecule has 0 aromatic heterocycles. The Balaban J connectivity index is 2.27. The van der Waals surface area contributed by atoms with E-state index in [-0.39, 0.29) is 5.91 Å². The van der Waals surface area contributed by atoms with Crippen LogP contribution >= 0.6 is 11.6 Å². The number of methoxy groups -OCH3 is 1. The monoisotopic (exact) mass is 264 g/mol. The lowest BCUT2D eigenvalue weighted by Crippen LogP contribution is -2.23.